The second kappa shape index (κ2) is 10.5. The van der Waals surface area contributed by atoms with Gasteiger partial charge in [0.25, 0.3) is 0 Å². The van der Waals surface area contributed by atoms with Crippen LogP contribution in [0.5, 0.6) is 5.75 Å². The van der Waals surface area contributed by atoms with E-state index in [-0.39, 0.29) is 11.4 Å². The van der Waals surface area contributed by atoms with Gasteiger partial charge in [-0.05, 0) is 83.1 Å². The van der Waals surface area contributed by atoms with Gasteiger partial charge in [0.15, 0.2) is 5.75 Å². The second-order valence-corrected chi connectivity index (χ2v) is 10.6. The zero-order chi connectivity index (χ0) is 28.8. The Kier molecular flexibility index (Phi) is 7.26. The van der Waals surface area contributed by atoms with Gasteiger partial charge in [0.05, 0.1) is 5.69 Å². The van der Waals surface area contributed by atoms with Gasteiger partial charge in [0, 0.05) is 61.0 Å². The number of likely N-dealkylation sites (N-methyl/N-ethyl adjacent to an activating group) is 3. The van der Waals surface area contributed by atoms with Crippen LogP contribution in [-0.2, 0) is 4.79 Å². The summed E-state index contributed by atoms with van der Waals surface area (Å²) in [6, 6.07) is 11.9. The Labute approximate surface area is 233 Å². The number of carbonyl (C=O) groups excluding carboxylic acids is 1. The van der Waals surface area contributed by atoms with Crippen LogP contribution in [0, 0.1) is 13.8 Å². The maximum Gasteiger partial charge on any atom is 0.482 e. The number of benzene rings is 2. The third kappa shape index (κ3) is 5.25. The number of likely N-dealkylation sites (tertiary alicyclic amines) is 1. The van der Waals surface area contributed by atoms with E-state index in [9.17, 15) is 13.6 Å². The van der Waals surface area contributed by atoms with Gasteiger partial charge in [-0.1, -0.05) is 0 Å². The molecule has 40 heavy (non-hydrogen) atoms. The van der Waals surface area contributed by atoms with Crippen molar-refractivity contribution < 1.29 is 18.3 Å². The molecule has 3 aromatic rings. The molecule has 11 heteroatoms. The molecule has 2 atom stereocenters. The highest BCUT2D eigenvalue weighted by molar-refractivity contribution is 6.01. The van der Waals surface area contributed by atoms with Crippen molar-refractivity contribution in [3.8, 4) is 5.75 Å². The molecule has 1 aromatic heterocycles. The molecule has 1 fully saturated rings. The van der Waals surface area contributed by atoms with E-state index in [0.29, 0.717) is 29.5 Å². The summed E-state index contributed by atoms with van der Waals surface area (Å²) >= 11 is 0. The van der Waals surface area contributed by atoms with Crippen LogP contribution in [0.1, 0.15) is 31.4 Å². The minimum Gasteiger partial charge on any atom is -0.423 e. The quantitative estimate of drug-likeness (QED) is 0.401. The molecule has 2 aliphatic rings. The number of carbonyl (C=O) groups is 1. The van der Waals surface area contributed by atoms with Crippen molar-refractivity contribution in [2.45, 2.75) is 52.3 Å². The summed E-state index contributed by atoms with van der Waals surface area (Å²) in [4.78, 5) is 26.8. The Morgan fingerprint density at radius 3 is 2.50 bits per heavy atom. The first-order valence-electron chi connectivity index (χ1n) is 13.4. The van der Waals surface area contributed by atoms with E-state index in [2.05, 4.69) is 75.1 Å². The molecule has 2 aliphatic heterocycles. The zero-order valence-electron chi connectivity index (χ0n) is 23.6. The third-order valence-corrected chi connectivity index (χ3v) is 7.75. The van der Waals surface area contributed by atoms with E-state index < -0.39 is 12.0 Å². The average molecular weight is 552 g/mol. The summed E-state index contributed by atoms with van der Waals surface area (Å²) in [5, 5.41) is 6.50. The van der Waals surface area contributed by atoms with Gasteiger partial charge >= 0.3 is 12.0 Å². The lowest BCUT2D eigenvalue weighted by Gasteiger charge is -2.31. The number of aromatic nitrogens is 2. The van der Waals surface area contributed by atoms with E-state index in [1.807, 2.05) is 13.0 Å². The van der Waals surface area contributed by atoms with Crippen molar-refractivity contribution in [1.29, 1.82) is 0 Å². The molecule has 5 rings (SSSR count). The van der Waals surface area contributed by atoms with Crippen LogP contribution in [0.15, 0.2) is 42.6 Å². The molecule has 0 aliphatic carbocycles. The number of amides is 1. The molecule has 9 nitrogen and oxygen atoms in total. The molecule has 0 radical (unpaired) electrons. The van der Waals surface area contributed by atoms with E-state index in [4.69, 9.17) is 0 Å². The van der Waals surface area contributed by atoms with Crippen LogP contribution in [0.3, 0.4) is 0 Å². The predicted molar refractivity (Wildman–Crippen MR) is 153 cm³/mol. The van der Waals surface area contributed by atoms with Gasteiger partial charge in [-0.2, -0.15) is 13.8 Å². The van der Waals surface area contributed by atoms with Gasteiger partial charge in [-0.3, -0.25) is 4.79 Å². The number of halogens is 2. The van der Waals surface area contributed by atoms with E-state index in [1.54, 1.807) is 18.3 Å². The molecule has 0 bridgehead atoms. The minimum absolute atomic E-state index is 0.0747. The standard InChI is InChI=1S/C29H35F2N7O2/c1-7-38(22-13-19(4)36(5)16-22)23-10-8-20(12-17(23)2)34-28-32-15-18(3)26(35-28)33-21-9-11-25-24(14-21)37(6)27(39)29(30,31)40-25/h8-12,14-15,19,22H,7,13,16H2,1-6H3,(H2,32,33,34,35). The summed E-state index contributed by atoms with van der Waals surface area (Å²) < 4.78 is 32.2. The Hall–Kier alpha value is -3.99. The van der Waals surface area contributed by atoms with Crippen molar-refractivity contribution in [3.05, 3.63) is 53.7 Å². The van der Waals surface area contributed by atoms with Crippen molar-refractivity contribution in [1.82, 2.24) is 14.9 Å². The van der Waals surface area contributed by atoms with Crippen molar-refractivity contribution in [3.63, 3.8) is 0 Å². The number of rotatable bonds is 7. The Morgan fingerprint density at radius 1 is 1.10 bits per heavy atom. The summed E-state index contributed by atoms with van der Waals surface area (Å²) in [6.45, 7) is 10.5. The predicted octanol–water partition coefficient (Wildman–Crippen LogP) is 5.45. The molecule has 0 saturated carbocycles. The van der Waals surface area contributed by atoms with Crippen molar-refractivity contribution in [2.75, 3.05) is 47.6 Å². The molecular weight excluding hydrogens is 516 g/mol. The van der Waals surface area contributed by atoms with Gasteiger partial charge in [-0.25, -0.2) is 4.98 Å². The molecular formula is C29H35F2N7O2. The zero-order valence-corrected chi connectivity index (χ0v) is 23.6. The Bertz CT molecular complexity index is 1420. The van der Waals surface area contributed by atoms with Gasteiger partial charge in [0.2, 0.25) is 5.95 Å². The SMILES string of the molecule is CCN(c1ccc(Nc2ncc(C)c(Nc3ccc4c(c3)N(C)C(=O)C(F)(F)O4)n2)cc1C)C1CC(C)N(C)C1. The fourth-order valence-electron chi connectivity index (χ4n) is 5.39. The lowest BCUT2D eigenvalue weighted by atomic mass is 10.1. The summed E-state index contributed by atoms with van der Waals surface area (Å²) in [7, 11) is 3.47. The molecule has 1 saturated heterocycles. The Balaban J connectivity index is 1.33. The lowest BCUT2D eigenvalue weighted by Crippen LogP contribution is -2.49. The van der Waals surface area contributed by atoms with Crippen LogP contribution >= 0.6 is 0 Å². The maximum atomic E-state index is 13.8. The fourth-order valence-corrected chi connectivity index (χ4v) is 5.39. The second-order valence-electron chi connectivity index (χ2n) is 10.6. The number of nitrogens with one attached hydrogen (secondary N) is 2. The summed E-state index contributed by atoms with van der Waals surface area (Å²) in [6.07, 6.45) is -1.04. The van der Waals surface area contributed by atoms with E-state index in [0.717, 1.165) is 35.7 Å². The topological polar surface area (TPSA) is 85.9 Å². The monoisotopic (exact) mass is 551 g/mol. The maximum absolute atomic E-state index is 13.8. The number of hydrogen-bond acceptors (Lipinski definition) is 8. The van der Waals surface area contributed by atoms with Crippen molar-refractivity contribution >= 4 is 40.4 Å². The number of ether oxygens (including phenoxy) is 1. The normalized spacial score (nSPS) is 20.2. The largest absolute Gasteiger partial charge is 0.482 e. The van der Waals surface area contributed by atoms with E-state index in [1.165, 1.54) is 24.4 Å². The number of aryl methyl sites for hydroxylation is 2. The van der Waals surface area contributed by atoms with Crippen LogP contribution in [0.2, 0.25) is 0 Å². The first-order chi connectivity index (χ1) is 19.0. The molecule has 1 amide bonds. The van der Waals surface area contributed by atoms with Gasteiger partial charge < -0.3 is 30.1 Å². The highest BCUT2D eigenvalue weighted by Gasteiger charge is 2.49. The highest BCUT2D eigenvalue weighted by Crippen LogP contribution is 2.40. The third-order valence-electron chi connectivity index (χ3n) is 7.75. The summed E-state index contributed by atoms with van der Waals surface area (Å²) in [5.74, 6) is -0.546. The molecule has 2 N–H and O–H groups in total. The highest BCUT2D eigenvalue weighted by atomic mass is 19.3. The molecule has 3 heterocycles. The van der Waals surface area contributed by atoms with Crippen molar-refractivity contribution in [2.24, 2.45) is 0 Å². The smallest absolute Gasteiger partial charge is 0.423 e. The minimum atomic E-state index is -3.89. The number of alkyl halides is 2. The number of fused-ring (bicyclic) bond motifs is 1. The average Bonchev–Trinajstić information content (AvgIpc) is 3.24. The first-order valence-corrected chi connectivity index (χ1v) is 13.4. The first kappa shape index (κ1) is 27.6. The van der Waals surface area contributed by atoms with Crippen LogP contribution < -0.4 is 25.2 Å². The van der Waals surface area contributed by atoms with Gasteiger partial charge in [0.1, 0.15) is 5.82 Å². The summed E-state index contributed by atoms with van der Waals surface area (Å²) in [5.41, 5.74) is 4.85. The van der Waals surface area contributed by atoms with Crippen LogP contribution in [-0.4, -0.2) is 66.2 Å². The molecule has 2 aromatic carbocycles. The van der Waals surface area contributed by atoms with Crippen LogP contribution in [0.25, 0.3) is 0 Å². The van der Waals surface area contributed by atoms with E-state index >= 15 is 0 Å². The number of anilines is 6. The lowest BCUT2D eigenvalue weighted by molar-refractivity contribution is -0.192. The molecule has 212 valence electrons. The fraction of sp³-hybridized carbons (Fsp3) is 0.414. The number of nitrogens with zero attached hydrogens (tertiary/aromatic N) is 5. The Morgan fingerprint density at radius 2 is 1.82 bits per heavy atom. The molecule has 0 spiro atoms. The van der Waals surface area contributed by atoms with Gasteiger partial charge in [-0.15, -0.1) is 0 Å². The molecule has 2 unspecified atom stereocenters. The van der Waals surface area contributed by atoms with Crippen LogP contribution in [0.4, 0.5) is 43.3 Å². The number of hydrogen-bond donors (Lipinski definition) is 2.